The fourth-order valence-electron chi connectivity index (χ4n) is 2.14. The lowest BCUT2D eigenvalue weighted by Crippen LogP contribution is -2.33. The number of aryl methyl sites for hydroxylation is 1. The Kier molecular flexibility index (Phi) is 3.79. The molecule has 0 aliphatic heterocycles. The fourth-order valence-corrected chi connectivity index (χ4v) is 3.52. The van der Waals surface area contributed by atoms with E-state index in [1.165, 1.54) is 0 Å². The molecule has 2 rings (SSSR count). The number of nitrogens with one attached hydrogen (secondary N) is 1. The molecule has 1 aliphatic carbocycles. The number of hydrogen-bond donors (Lipinski definition) is 2. The normalized spacial score (nSPS) is 17.9. The van der Waals surface area contributed by atoms with Gasteiger partial charge in [0.05, 0.1) is 4.90 Å². The second-order valence-electron chi connectivity index (χ2n) is 4.90. The standard InChI is InChI=1S/C12H21N3O2S/c1-3-15-8-12(6-11(15)7-13)18(16,17)14-9(2)10-4-5-10/h6,8-10,14H,3-5,7,13H2,1-2H3. The van der Waals surface area contributed by atoms with Gasteiger partial charge < -0.3 is 10.3 Å². The van der Waals surface area contributed by atoms with E-state index in [1.807, 2.05) is 18.4 Å². The highest BCUT2D eigenvalue weighted by molar-refractivity contribution is 7.89. The summed E-state index contributed by atoms with van der Waals surface area (Å²) in [5.41, 5.74) is 6.45. The first-order valence-corrected chi connectivity index (χ1v) is 7.87. The topological polar surface area (TPSA) is 77.1 Å². The van der Waals surface area contributed by atoms with Crippen LogP contribution in [0.25, 0.3) is 0 Å². The van der Waals surface area contributed by atoms with Gasteiger partial charge >= 0.3 is 0 Å². The molecule has 18 heavy (non-hydrogen) atoms. The van der Waals surface area contributed by atoms with Crippen molar-refractivity contribution in [2.45, 2.75) is 50.7 Å². The van der Waals surface area contributed by atoms with Crippen molar-refractivity contribution in [3.8, 4) is 0 Å². The largest absolute Gasteiger partial charge is 0.349 e. The van der Waals surface area contributed by atoms with Gasteiger partial charge in [-0.1, -0.05) is 0 Å². The van der Waals surface area contributed by atoms with Crippen LogP contribution in [-0.4, -0.2) is 19.0 Å². The Hall–Kier alpha value is -0.850. The van der Waals surface area contributed by atoms with Gasteiger partial charge in [0.25, 0.3) is 0 Å². The van der Waals surface area contributed by atoms with Crippen molar-refractivity contribution < 1.29 is 8.42 Å². The third-order valence-corrected chi connectivity index (χ3v) is 5.02. The van der Waals surface area contributed by atoms with E-state index in [0.29, 0.717) is 17.4 Å². The molecule has 102 valence electrons. The van der Waals surface area contributed by atoms with Crippen LogP contribution >= 0.6 is 0 Å². The molecule has 0 bridgehead atoms. The predicted octanol–water partition coefficient (Wildman–Crippen LogP) is 1.04. The fraction of sp³-hybridized carbons (Fsp3) is 0.667. The van der Waals surface area contributed by atoms with Crippen molar-refractivity contribution >= 4 is 10.0 Å². The average Bonchev–Trinajstić information content (AvgIpc) is 3.07. The molecule has 0 spiro atoms. The van der Waals surface area contributed by atoms with E-state index < -0.39 is 10.0 Å². The summed E-state index contributed by atoms with van der Waals surface area (Å²) in [6.07, 6.45) is 3.89. The molecule has 1 saturated carbocycles. The maximum absolute atomic E-state index is 12.2. The van der Waals surface area contributed by atoms with Crippen LogP contribution in [0.1, 0.15) is 32.4 Å². The van der Waals surface area contributed by atoms with Gasteiger partial charge in [0.2, 0.25) is 10.0 Å². The molecule has 1 aliphatic rings. The molecule has 1 atom stereocenters. The molecule has 1 aromatic rings. The summed E-state index contributed by atoms with van der Waals surface area (Å²) in [5.74, 6) is 0.502. The van der Waals surface area contributed by atoms with Gasteiger partial charge in [0.15, 0.2) is 0 Å². The molecule has 1 fully saturated rings. The van der Waals surface area contributed by atoms with Gasteiger partial charge in [0, 0.05) is 31.0 Å². The summed E-state index contributed by atoms with van der Waals surface area (Å²) in [6.45, 7) is 4.97. The highest BCUT2D eigenvalue weighted by atomic mass is 32.2. The van der Waals surface area contributed by atoms with Crippen molar-refractivity contribution in [2.75, 3.05) is 0 Å². The van der Waals surface area contributed by atoms with Crippen LogP contribution in [0.5, 0.6) is 0 Å². The Balaban J connectivity index is 2.20. The van der Waals surface area contributed by atoms with E-state index in [4.69, 9.17) is 5.73 Å². The van der Waals surface area contributed by atoms with E-state index >= 15 is 0 Å². The first-order chi connectivity index (χ1) is 8.47. The molecule has 3 N–H and O–H groups in total. The summed E-state index contributed by atoms with van der Waals surface area (Å²) in [6, 6.07) is 1.67. The second-order valence-corrected chi connectivity index (χ2v) is 6.62. The lowest BCUT2D eigenvalue weighted by atomic mass is 10.2. The number of nitrogens with zero attached hydrogens (tertiary/aromatic N) is 1. The lowest BCUT2D eigenvalue weighted by Gasteiger charge is -2.11. The predicted molar refractivity (Wildman–Crippen MR) is 70.5 cm³/mol. The van der Waals surface area contributed by atoms with Gasteiger partial charge in [0.1, 0.15) is 0 Å². The Bertz CT molecular complexity index is 496. The van der Waals surface area contributed by atoms with Gasteiger partial charge in [-0.25, -0.2) is 13.1 Å². The van der Waals surface area contributed by atoms with Crippen molar-refractivity contribution in [3.63, 3.8) is 0 Å². The molecule has 5 nitrogen and oxygen atoms in total. The Labute approximate surface area is 108 Å². The van der Waals surface area contributed by atoms with E-state index in [9.17, 15) is 8.42 Å². The van der Waals surface area contributed by atoms with Crippen molar-refractivity contribution in [3.05, 3.63) is 18.0 Å². The second kappa shape index (κ2) is 5.03. The smallest absolute Gasteiger partial charge is 0.242 e. The van der Waals surface area contributed by atoms with Crippen LogP contribution in [0.4, 0.5) is 0 Å². The van der Waals surface area contributed by atoms with Crippen LogP contribution in [-0.2, 0) is 23.1 Å². The zero-order chi connectivity index (χ0) is 13.3. The maximum atomic E-state index is 12.2. The summed E-state index contributed by atoms with van der Waals surface area (Å²) in [7, 11) is -3.41. The maximum Gasteiger partial charge on any atom is 0.242 e. The van der Waals surface area contributed by atoms with Crippen LogP contribution in [0.3, 0.4) is 0 Å². The summed E-state index contributed by atoms with van der Waals surface area (Å²) >= 11 is 0. The third-order valence-electron chi connectivity index (χ3n) is 3.49. The zero-order valence-corrected chi connectivity index (χ0v) is 11.7. The Morgan fingerprint density at radius 3 is 2.67 bits per heavy atom. The minimum Gasteiger partial charge on any atom is -0.349 e. The Morgan fingerprint density at radius 1 is 1.56 bits per heavy atom. The average molecular weight is 271 g/mol. The van der Waals surface area contributed by atoms with Crippen molar-refractivity contribution in [1.82, 2.24) is 9.29 Å². The van der Waals surface area contributed by atoms with Crippen LogP contribution in [0, 0.1) is 5.92 Å². The van der Waals surface area contributed by atoms with E-state index in [-0.39, 0.29) is 6.04 Å². The van der Waals surface area contributed by atoms with Crippen molar-refractivity contribution in [1.29, 1.82) is 0 Å². The molecule has 6 heteroatoms. The van der Waals surface area contributed by atoms with E-state index in [0.717, 1.165) is 25.1 Å². The highest BCUT2D eigenvalue weighted by Crippen LogP contribution is 2.33. The van der Waals surface area contributed by atoms with Crippen LogP contribution in [0.15, 0.2) is 17.2 Å². The zero-order valence-electron chi connectivity index (χ0n) is 10.9. The molecular formula is C12H21N3O2S. The third kappa shape index (κ3) is 2.76. The number of sulfonamides is 1. The van der Waals surface area contributed by atoms with Crippen molar-refractivity contribution in [2.24, 2.45) is 11.7 Å². The minimum absolute atomic E-state index is 0.0151. The van der Waals surface area contributed by atoms with E-state index in [1.54, 1.807) is 12.3 Å². The van der Waals surface area contributed by atoms with Crippen LogP contribution in [0.2, 0.25) is 0 Å². The number of hydrogen-bond acceptors (Lipinski definition) is 3. The van der Waals surface area contributed by atoms with Gasteiger partial charge in [-0.2, -0.15) is 0 Å². The van der Waals surface area contributed by atoms with Gasteiger partial charge in [-0.05, 0) is 38.7 Å². The van der Waals surface area contributed by atoms with E-state index in [2.05, 4.69) is 4.72 Å². The van der Waals surface area contributed by atoms with Gasteiger partial charge in [-0.15, -0.1) is 0 Å². The number of aromatic nitrogens is 1. The molecule has 1 heterocycles. The van der Waals surface area contributed by atoms with Gasteiger partial charge in [-0.3, -0.25) is 0 Å². The molecule has 0 radical (unpaired) electrons. The number of nitrogens with two attached hydrogens (primary N) is 1. The SMILES string of the molecule is CCn1cc(S(=O)(=O)NC(C)C2CC2)cc1CN. The molecule has 0 saturated heterocycles. The lowest BCUT2D eigenvalue weighted by molar-refractivity contribution is 0.538. The molecular weight excluding hydrogens is 250 g/mol. The summed E-state index contributed by atoms with van der Waals surface area (Å²) < 4.78 is 29.0. The minimum atomic E-state index is -3.41. The number of rotatable bonds is 6. The monoisotopic (exact) mass is 271 g/mol. The summed E-state index contributed by atoms with van der Waals surface area (Å²) in [4.78, 5) is 0.317. The first-order valence-electron chi connectivity index (χ1n) is 6.39. The highest BCUT2D eigenvalue weighted by Gasteiger charge is 2.31. The molecule has 0 amide bonds. The summed E-state index contributed by atoms with van der Waals surface area (Å²) in [5, 5.41) is 0. The quantitative estimate of drug-likeness (QED) is 0.811. The Morgan fingerprint density at radius 2 is 2.22 bits per heavy atom. The molecule has 1 aromatic heterocycles. The van der Waals surface area contributed by atoms with Crippen LogP contribution < -0.4 is 10.5 Å². The first kappa shape index (κ1) is 13.6. The molecule has 1 unspecified atom stereocenters. The molecule has 0 aromatic carbocycles.